The molecule has 1 aromatic rings. The standard InChI is InChI=1S/C17H29N6O7P/c1-5-28-14-12-13(20-17(18)21-14)23(8-19-12)15-9(2)6-11(30-15)7-29-31(25,26)22-10(3)16(24)27-4/h8-11,15,17,20H,5-7,18H2,1-4H3,(H2,22,25,26). The zero-order chi connectivity index (χ0) is 22.8. The van der Waals surface area contributed by atoms with Gasteiger partial charge < -0.3 is 24.4 Å². The van der Waals surface area contributed by atoms with Crippen molar-refractivity contribution in [2.75, 3.05) is 25.6 Å². The first-order valence-electron chi connectivity index (χ1n) is 9.93. The minimum absolute atomic E-state index is 0.0550. The molecule has 0 saturated carbocycles. The SMILES string of the molecule is CCOC1=NC(N)Nc2c1ncn2C1OC(COP(=O)(O)NC(C)C(=O)OC)CC1C. The lowest BCUT2D eigenvalue weighted by atomic mass is 10.1. The highest BCUT2D eigenvalue weighted by molar-refractivity contribution is 7.50. The van der Waals surface area contributed by atoms with Gasteiger partial charge in [0.05, 0.1) is 32.8 Å². The van der Waals surface area contributed by atoms with Gasteiger partial charge in [0.15, 0.2) is 12.0 Å². The fourth-order valence-electron chi connectivity index (χ4n) is 3.52. The van der Waals surface area contributed by atoms with Crippen LogP contribution < -0.4 is 16.1 Å². The lowest BCUT2D eigenvalue weighted by molar-refractivity contribution is -0.142. The smallest absolute Gasteiger partial charge is 0.403 e. The van der Waals surface area contributed by atoms with E-state index in [1.54, 1.807) is 6.33 Å². The van der Waals surface area contributed by atoms with Gasteiger partial charge in [-0.1, -0.05) is 6.92 Å². The van der Waals surface area contributed by atoms with E-state index in [0.717, 1.165) is 0 Å². The highest BCUT2D eigenvalue weighted by Crippen LogP contribution is 2.42. The van der Waals surface area contributed by atoms with E-state index in [9.17, 15) is 14.3 Å². The number of imidazole rings is 1. The summed E-state index contributed by atoms with van der Waals surface area (Å²) in [4.78, 5) is 30.0. The van der Waals surface area contributed by atoms with Crippen LogP contribution in [0.15, 0.2) is 11.3 Å². The quantitative estimate of drug-likeness (QED) is 0.315. The topological polar surface area (TPSA) is 172 Å². The van der Waals surface area contributed by atoms with Gasteiger partial charge >= 0.3 is 13.7 Å². The first-order chi connectivity index (χ1) is 14.6. The second-order valence-corrected chi connectivity index (χ2v) is 8.91. The van der Waals surface area contributed by atoms with Crippen LogP contribution in [0.2, 0.25) is 0 Å². The molecule has 3 heterocycles. The molecule has 1 fully saturated rings. The van der Waals surface area contributed by atoms with Crippen molar-refractivity contribution < 1.29 is 33.0 Å². The molecule has 13 nitrogen and oxygen atoms in total. The van der Waals surface area contributed by atoms with Crippen LogP contribution in [0.4, 0.5) is 5.82 Å². The predicted molar refractivity (Wildman–Crippen MR) is 110 cm³/mol. The monoisotopic (exact) mass is 460 g/mol. The Kier molecular flexibility index (Phi) is 7.35. The Morgan fingerprint density at radius 3 is 3.00 bits per heavy atom. The number of aliphatic imine (C=N–C) groups is 1. The molecule has 2 aliphatic rings. The zero-order valence-electron chi connectivity index (χ0n) is 17.8. The number of ether oxygens (including phenoxy) is 3. The normalized spacial score (nSPS) is 28.1. The summed E-state index contributed by atoms with van der Waals surface area (Å²) in [6.45, 7) is 5.54. The van der Waals surface area contributed by atoms with Crippen LogP contribution in [0.5, 0.6) is 0 Å². The summed E-state index contributed by atoms with van der Waals surface area (Å²) in [6, 6.07) is -0.994. The van der Waals surface area contributed by atoms with Crippen LogP contribution in [-0.4, -0.2) is 65.1 Å². The number of nitrogens with one attached hydrogen (secondary N) is 2. The van der Waals surface area contributed by atoms with E-state index < -0.39 is 38.4 Å². The lowest BCUT2D eigenvalue weighted by Crippen LogP contribution is -2.35. The lowest BCUT2D eigenvalue weighted by Gasteiger charge is -2.25. The second-order valence-electron chi connectivity index (χ2n) is 7.36. The van der Waals surface area contributed by atoms with Gasteiger partial charge in [0.1, 0.15) is 18.1 Å². The number of nitrogens with zero attached hydrogens (tertiary/aromatic N) is 3. The van der Waals surface area contributed by atoms with Crippen molar-refractivity contribution in [2.45, 2.75) is 51.9 Å². The maximum absolute atomic E-state index is 12.2. The highest BCUT2D eigenvalue weighted by Gasteiger charge is 2.38. The number of methoxy groups -OCH3 is 1. The third-order valence-corrected chi connectivity index (χ3v) is 6.11. The predicted octanol–water partition coefficient (Wildman–Crippen LogP) is 0.526. The molecular formula is C17H29N6O7P. The van der Waals surface area contributed by atoms with Gasteiger partial charge in [0.2, 0.25) is 5.90 Å². The number of esters is 1. The Morgan fingerprint density at radius 1 is 1.58 bits per heavy atom. The van der Waals surface area contributed by atoms with E-state index in [4.69, 9.17) is 19.7 Å². The summed E-state index contributed by atoms with van der Waals surface area (Å²) < 4.78 is 35.3. The van der Waals surface area contributed by atoms with Crippen molar-refractivity contribution >= 4 is 25.4 Å². The molecule has 0 spiro atoms. The molecule has 31 heavy (non-hydrogen) atoms. The van der Waals surface area contributed by atoms with Gasteiger partial charge in [0, 0.05) is 5.92 Å². The molecule has 1 saturated heterocycles. The average molecular weight is 460 g/mol. The molecule has 0 amide bonds. The van der Waals surface area contributed by atoms with E-state index >= 15 is 0 Å². The summed E-state index contributed by atoms with van der Waals surface area (Å²) in [6.07, 6.45) is 0.688. The maximum atomic E-state index is 12.2. The Hall–Kier alpha value is -2.02. The van der Waals surface area contributed by atoms with Gasteiger partial charge in [-0.15, -0.1) is 0 Å². The van der Waals surface area contributed by atoms with Crippen molar-refractivity contribution in [2.24, 2.45) is 16.6 Å². The molecule has 6 atom stereocenters. The molecule has 2 aliphatic heterocycles. The first-order valence-corrected chi connectivity index (χ1v) is 11.5. The molecule has 0 bridgehead atoms. The first kappa shape index (κ1) is 23.6. The van der Waals surface area contributed by atoms with Crippen LogP contribution in [0.1, 0.15) is 39.1 Å². The van der Waals surface area contributed by atoms with Crippen LogP contribution in [0.25, 0.3) is 0 Å². The molecule has 14 heteroatoms. The fraction of sp³-hybridized carbons (Fsp3) is 0.706. The molecule has 1 aromatic heterocycles. The molecule has 6 unspecified atom stereocenters. The molecule has 5 N–H and O–H groups in total. The van der Waals surface area contributed by atoms with Gasteiger partial charge in [-0.05, 0) is 20.3 Å². The molecule has 3 rings (SSSR count). The van der Waals surface area contributed by atoms with E-state index in [2.05, 4.69) is 25.1 Å². The van der Waals surface area contributed by atoms with Crippen molar-refractivity contribution in [3.05, 3.63) is 12.0 Å². The third kappa shape index (κ3) is 5.43. The van der Waals surface area contributed by atoms with E-state index in [0.29, 0.717) is 30.4 Å². The van der Waals surface area contributed by atoms with Crippen molar-refractivity contribution in [3.63, 3.8) is 0 Å². The van der Waals surface area contributed by atoms with Crippen LogP contribution >= 0.6 is 7.75 Å². The van der Waals surface area contributed by atoms with Crippen LogP contribution in [0.3, 0.4) is 0 Å². The summed E-state index contributed by atoms with van der Waals surface area (Å²) in [5.41, 5.74) is 6.49. The molecule has 174 valence electrons. The number of aromatic nitrogens is 2. The Balaban J connectivity index is 1.64. The summed E-state index contributed by atoms with van der Waals surface area (Å²) in [5, 5.41) is 5.30. The number of rotatable bonds is 8. The van der Waals surface area contributed by atoms with Crippen LogP contribution in [0, 0.1) is 5.92 Å². The number of hydrogen-bond acceptors (Lipinski definition) is 10. The Bertz CT molecular complexity index is 877. The molecule has 0 aromatic carbocycles. The van der Waals surface area contributed by atoms with Gasteiger partial charge in [0.25, 0.3) is 0 Å². The average Bonchev–Trinajstić information content (AvgIpc) is 3.28. The van der Waals surface area contributed by atoms with Crippen molar-refractivity contribution in [3.8, 4) is 0 Å². The molecule has 0 radical (unpaired) electrons. The van der Waals surface area contributed by atoms with Gasteiger partial charge in [-0.25, -0.2) is 19.6 Å². The van der Waals surface area contributed by atoms with E-state index in [1.807, 2.05) is 18.4 Å². The van der Waals surface area contributed by atoms with Gasteiger partial charge in [-0.3, -0.25) is 19.6 Å². The zero-order valence-corrected chi connectivity index (χ0v) is 18.7. The fourth-order valence-corrected chi connectivity index (χ4v) is 4.55. The Morgan fingerprint density at radius 2 is 2.32 bits per heavy atom. The third-order valence-electron chi connectivity index (χ3n) is 4.89. The van der Waals surface area contributed by atoms with E-state index in [-0.39, 0.29) is 12.5 Å². The Labute approximate surface area is 179 Å². The summed E-state index contributed by atoms with van der Waals surface area (Å²) >= 11 is 0. The number of carbonyl (C=O) groups is 1. The van der Waals surface area contributed by atoms with Gasteiger partial charge in [-0.2, -0.15) is 0 Å². The number of anilines is 1. The number of hydrogen-bond donors (Lipinski definition) is 4. The van der Waals surface area contributed by atoms with E-state index in [1.165, 1.54) is 14.0 Å². The summed E-state index contributed by atoms with van der Waals surface area (Å²) in [5.74, 6) is 0.374. The summed E-state index contributed by atoms with van der Waals surface area (Å²) in [7, 11) is -3.03. The minimum atomic E-state index is -4.22. The molecule has 0 aliphatic carbocycles. The number of nitrogens with two attached hydrogens (primary N) is 1. The second kappa shape index (κ2) is 9.63. The minimum Gasteiger partial charge on any atom is -0.476 e. The number of carbonyl (C=O) groups excluding carboxylic acids is 1. The van der Waals surface area contributed by atoms with Crippen molar-refractivity contribution in [1.29, 1.82) is 0 Å². The van der Waals surface area contributed by atoms with Crippen LogP contribution in [-0.2, 0) is 28.1 Å². The number of fused-ring (bicyclic) bond motifs is 1. The van der Waals surface area contributed by atoms with Crippen molar-refractivity contribution in [1.82, 2.24) is 14.6 Å². The molecular weight excluding hydrogens is 431 g/mol. The highest BCUT2D eigenvalue weighted by atomic mass is 31.2. The maximum Gasteiger partial charge on any atom is 0.403 e. The largest absolute Gasteiger partial charge is 0.476 e.